The molecular weight excluding hydrogens is 314 g/mol. The van der Waals surface area contributed by atoms with Crippen LogP contribution in [0.5, 0.6) is 0 Å². The average Bonchev–Trinajstić information content (AvgIpc) is 2.66. The average molecular weight is 326 g/mol. The molecule has 0 amide bonds. The number of sulfonamides is 1. The van der Waals surface area contributed by atoms with Crippen LogP contribution in [0.2, 0.25) is 0 Å². The summed E-state index contributed by atoms with van der Waals surface area (Å²) in [5.74, 6) is 0. The van der Waals surface area contributed by atoms with E-state index in [1.54, 1.807) is 12.1 Å². The third-order valence-corrected chi connectivity index (χ3v) is 6.52. The van der Waals surface area contributed by atoms with Gasteiger partial charge in [-0.05, 0) is 35.0 Å². The van der Waals surface area contributed by atoms with E-state index in [1.807, 2.05) is 6.92 Å². The molecule has 1 aromatic heterocycles. The predicted molar refractivity (Wildman–Crippen MR) is 66.2 cm³/mol. The largest absolute Gasteiger partial charge is 0.378 e. The third kappa shape index (κ3) is 2.33. The molecule has 2 heterocycles. The van der Waals surface area contributed by atoms with Crippen LogP contribution in [0.25, 0.3) is 0 Å². The predicted octanol–water partition coefficient (Wildman–Crippen LogP) is 1.92. The fraction of sp³-hybridized carbons (Fsp3) is 0.556. The monoisotopic (exact) mass is 325 g/mol. The summed E-state index contributed by atoms with van der Waals surface area (Å²) < 4.78 is 32.5. The molecule has 90 valence electrons. The van der Waals surface area contributed by atoms with Gasteiger partial charge in [0.25, 0.3) is 10.0 Å². The Bertz CT molecular complexity index is 471. The van der Waals surface area contributed by atoms with Crippen LogP contribution in [-0.4, -0.2) is 38.5 Å². The van der Waals surface area contributed by atoms with E-state index in [2.05, 4.69) is 15.9 Å². The van der Waals surface area contributed by atoms with Crippen LogP contribution in [0, 0.1) is 0 Å². The van der Waals surface area contributed by atoms with Crippen molar-refractivity contribution in [3.8, 4) is 0 Å². The Hall–Kier alpha value is 0.0500. The van der Waals surface area contributed by atoms with Gasteiger partial charge in [-0.2, -0.15) is 4.31 Å². The minimum Gasteiger partial charge on any atom is -0.378 e. The van der Waals surface area contributed by atoms with Crippen molar-refractivity contribution in [3.63, 3.8) is 0 Å². The number of ether oxygens (including phenoxy) is 1. The summed E-state index contributed by atoms with van der Waals surface area (Å²) in [6, 6.07) is 3.29. The van der Waals surface area contributed by atoms with E-state index in [0.717, 1.165) is 3.79 Å². The van der Waals surface area contributed by atoms with Gasteiger partial charge in [-0.25, -0.2) is 8.42 Å². The van der Waals surface area contributed by atoms with Crippen molar-refractivity contribution in [3.05, 3.63) is 15.9 Å². The van der Waals surface area contributed by atoms with E-state index < -0.39 is 10.0 Å². The first-order valence-electron chi connectivity index (χ1n) is 4.87. The Morgan fingerprint density at radius 1 is 1.56 bits per heavy atom. The molecule has 1 atom stereocenters. The van der Waals surface area contributed by atoms with Crippen molar-refractivity contribution >= 4 is 37.3 Å². The Kier molecular flexibility index (Phi) is 3.70. The quantitative estimate of drug-likeness (QED) is 0.834. The van der Waals surface area contributed by atoms with E-state index in [0.29, 0.717) is 24.0 Å². The first-order valence-corrected chi connectivity index (χ1v) is 7.91. The zero-order valence-electron chi connectivity index (χ0n) is 8.72. The molecule has 1 aromatic rings. The van der Waals surface area contributed by atoms with Gasteiger partial charge in [0.1, 0.15) is 4.21 Å². The fourth-order valence-electron chi connectivity index (χ4n) is 1.62. The lowest BCUT2D eigenvalue weighted by Gasteiger charge is -2.31. The second-order valence-corrected chi connectivity index (χ2v) is 8.18. The van der Waals surface area contributed by atoms with E-state index >= 15 is 0 Å². The normalized spacial score (nSPS) is 23.5. The Labute approximate surface area is 107 Å². The molecule has 1 aliphatic rings. The molecule has 0 aliphatic carbocycles. The molecule has 1 aliphatic heterocycles. The molecule has 16 heavy (non-hydrogen) atoms. The number of hydrogen-bond acceptors (Lipinski definition) is 4. The topological polar surface area (TPSA) is 46.6 Å². The molecule has 0 N–H and O–H groups in total. The first kappa shape index (κ1) is 12.5. The molecule has 0 bridgehead atoms. The smallest absolute Gasteiger partial charge is 0.252 e. The zero-order valence-corrected chi connectivity index (χ0v) is 11.9. The highest BCUT2D eigenvalue weighted by Crippen LogP contribution is 2.29. The van der Waals surface area contributed by atoms with E-state index in [1.165, 1.54) is 15.6 Å². The summed E-state index contributed by atoms with van der Waals surface area (Å²) in [5, 5.41) is 0. The Morgan fingerprint density at radius 2 is 2.31 bits per heavy atom. The van der Waals surface area contributed by atoms with Crippen molar-refractivity contribution < 1.29 is 13.2 Å². The maximum atomic E-state index is 12.3. The number of nitrogens with zero attached hydrogens (tertiary/aromatic N) is 1. The van der Waals surface area contributed by atoms with Gasteiger partial charge in [-0.3, -0.25) is 0 Å². The van der Waals surface area contributed by atoms with E-state index in [9.17, 15) is 8.42 Å². The van der Waals surface area contributed by atoms with Gasteiger partial charge in [0.05, 0.1) is 17.0 Å². The molecule has 7 heteroatoms. The van der Waals surface area contributed by atoms with Crippen LogP contribution in [0.15, 0.2) is 20.1 Å². The molecule has 0 aromatic carbocycles. The molecule has 4 nitrogen and oxygen atoms in total. The van der Waals surface area contributed by atoms with E-state index in [4.69, 9.17) is 4.74 Å². The number of hydrogen-bond donors (Lipinski definition) is 0. The second-order valence-electron chi connectivity index (χ2n) is 3.60. The van der Waals surface area contributed by atoms with Crippen LogP contribution in [0.3, 0.4) is 0 Å². The lowest BCUT2D eigenvalue weighted by molar-refractivity contribution is 0.0393. The number of morpholine rings is 1. The van der Waals surface area contributed by atoms with Gasteiger partial charge >= 0.3 is 0 Å². The van der Waals surface area contributed by atoms with Crippen LogP contribution in [0.4, 0.5) is 0 Å². The summed E-state index contributed by atoms with van der Waals surface area (Å²) >= 11 is 4.51. The van der Waals surface area contributed by atoms with E-state index in [-0.39, 0.29) is 6.04 Å². The zero-order chi connectivity index (χ0) is 11.8. The first-order chi connectivity index (χ1) is 7.51. The highest BCUT2D eigenvalue weighted by molar-refractivity contribution is 9.11. The van der Waals surface area contributed by atoms with Crippen molar-refractivity contribution in [1.29, 1.82) is 0 Å². The molecule has 0 saturated carbocycles. The maximum Gasteiger partial charge on any atom is 0.252 e. The fourth-order valence-corrected chi connectivity index (χ4v) is 5.36. The minimum absolute atomic E-state index is 0.0976. The lowest BCUT2D eigenvalue weighted by Crippen LogP contribution is -2.46. The van der Waals surface area contributed by atoms with Gasteiger partial charge in [-0.15, -0.1) is 11.3 Å². The summed E-state index contributed by atoms with van der Waals surface area (Å²) in [6.45, 7) is 3.22. The summed E-state index contributed by atoms with van der Waals surface area (Å²) in [4.78, 5) is 0. The van der Waals surface area contributed by atoms with Gasteiger partial charge in [-0.1, -0.05) is 0 Å². The molecule has 1 saturated heterocycles. The molecule has 0 radical (unpaired) electrons. The summed E-state index contributed by atoms with van der Waals surface area (Å²) in [5.41, 5.74) is 0. The maximum absolute atomic E-state index is 12.3. The third-order valence-electron chi connectivity index (χ3n) is 2.42. The van der Waals surface area contributed by atoms with Gasteiger partial charge in [0, 0.05) is 12.6 Å². The second kappa shape index (κ2) is 4.73. The highest BCUT2D eigenvalue weighted by Gasteiger charge is 2.32. The van der Waals surface area contributed by atoms with Crippen molar-refractivity contribution in [2.75, 3.05) is 19.8 Å². The number of halogens is 1. The molecular formula is C9H12BrNO3S2. The lowest BCUT2D eigenvalue weighted by atomic mass is 10.3. The molecule has 2 rings (SSSR count). The Balaban J connectivity index is 2.31. The molecule has 0 spiro atoms. The Morgan fingerprint density at radius 3 is 2.88 bits per heavy atom. The number of thiophene rings is 1. The van der Waals surface area contributed by atoms with Crippen molar-refractivity contribution in [2.24, 2.45) is 0 Å². The van der Waals surface area contributed by atoms with Crippen molar-refractivity contribution in [2.45, 2.75) is 17.2 Å². The minimum atomic E-state index is -3.35. The SMILES string of the molecule is CC1COCCN1S(=O)(=O)c1ccc(Br)s1. The van der Waals surface area contributed by atoms with Crippen LogP contribution >= 0.6 is 27.3 Å². The summed E-state index contributed by atoms with van der Waals surface area (Å²) in [7, 11) is -3.35. The van der Waals surface area contributed by atoms with Crippen LogP contribution in [0.1, 0.15) is 6.92 Å². The molecule has 1 unspecified atom stereocenters. The molecule has 1 fully saturated rings. The standard InChI is InChI=1S/C9H12BrNO3S2/c1-7-6-14-5-4-11(7)16(12,13)9-3-2-8(10)15-9/h2-3,7H,4-6H2,1H3. The van der Waals surface area contributed by atoms with Crippen molar-refractivity contribution in [1.82, 2.24) is 4.31 Å². The van der Waals surface area contributed by atoms with Crippen LogP contribution < -0.4 is 0 Å². The summed E-state index contributed by atoms with van der Waals surface area (Å²) in [6.07, 6.45) is 0. The highest BCUT2D eigenvalue weighted by atomic mass is 79.9. The van der Waals surface area contributed by atoms with Gasteiger partial charge < -0.3 is 4.74 Å². The number of rotatable bonds is 2. The van der Waals surface area contributed by atoms with Crippen LogP contribution in [-0.2, 0) is 14.8 Å². The van der Waals surface area contributed by atoms with Gasteiger partial charge in [0.15, 0.2) is 0 Å². The van der Waals surface area contributed by atoms with Gasteiger partial charge in [0.2, 0.25) is 0 Å².